The van der Waals surface area contributed by atoms with Crippen LogP contribution in [0.1, 0.15) is 42.4 Å². The van der Waals surface area contributed by atoms with Crippen LogP contribution < -0.4 is 5.32 Å². The Morgan fingerprint density at radius 3 is 3.13 bits per heavy atom. The first-order chi connectivity index (χ1) is 11.3. The van der Waals surface area contributed by atoms with Crippen LogP contribution in [0, 0.1) is 0 Å². The predicted molar refractivity (Wildman–Crippen MR) is 86.8 cm³/mol. The second kappa shape index (κ2) is 6.41. The maximum absolute atomic E-state index is 4.81. The first-order valence-electron chi connectivity index (χ1n) is 8.62. The molecule has 1 atom stereocenters. The average molecular weight is 315 g/mol. The van der Waals surface area contributed by atoms with Gasteiger partial charge in [0.2, 0.25) is 0 Å². The fraction of sp³-hybridized carbons (Fsp3) is 0.688. The highest BCUT2D eigenvalue weighted by atomic mass is 15.3. The Bertz CT molecular complexity index is 636. The Labute approximate surface area is 136 Å². The van der Waals surface area contributed by atoms with Gasteiger partial charge in [-0.3, -0.25) is 9.58 Å². The SMILES string of the molecule is Cn1cnnc1[C@@H]1CCCN(Cc2cc3n(n2)CCCNC3)C1. The van der Waals surface area contributed by atoms with Crippen LogP contribution in [-0.4, -0.2) is 49.1 Å². The number of hydrogen-bond acceptors (Lipinski definition) is 5. The molecule has 0 unspecified atom stereocenters. The quantitative estimate of drug-likeness (QED) is 0.911. The van der Waals surface area contributed by atoms with Crippen LogP contribution in [-0.2, 0) is 26.7 Å². The second-order valence-corrected chi connectivity index (χ2v) is 6.75. The molecule has 0 bridgehead atoms. The van der Waals surface area contributed by atoms with Gasteiger partial charge in [-0.1, -0.05) is 0 Å². The molecule has 1 N–H and O–H groups in total. The zero-order chi connectivity index (χ0) is 15.6. The van der Waals surface area contributed by atoms with Gasteiger partial charge in [-0.2, -0.15) is 5.10 Å². The zero-order valence-electron chi connectivity index (χ0n) is 13.8. The second-order valence-electron chi connectivity index (χ2n) is 6.75. The third-order valence-corrected chi connectivity index (χ3v) is 4.95. The molecule has 2 aromatic rings. The molecule has 2 aliphatic heterocycles. The van der Waals surface area contributed by atoms with Crippen molar-refractivity contribution < 1.29 is 0 Å². The number of nitrogens with one attached hydrogen (secondary N) is 1. The molecule has 4 heterocycles. The van der Waals surface area contributed by atoms with E-state index in [-0.39, 0.29) is 0 Å². The standard InChI is InChI=1S/C16H25N7/c1-21-12-18-19-16(21)13-4-2-6-22(10-13)11-14-8-15-9-17-5-3-7-23(15)20-14/h8,12-13,17H,2-7,9-11H2,1H3/t13-/m1/s1. The molecule has 0 aliphatic carbocycles. The molecule has 23 heavy (non-hydrogen) atoms. The lowest BCUT2D eigenvalue weighted by atomic mass is 9.97. The van der Waals surface area contributed by atoms with Gasteiger partial charge in [-0.05, 0) is 38.4 Å². The molecule has 0 saturated carbocycles. The number of fused-ring (bicyclic) bond motifs is 1. The van der Waals surface area contributed by atoms with Gasteiger partial charge in [-0.25, -0.2) is 0 Å². The number of aryl methyl sites for hydroxylation is 2. The zero-order valence-corrected chi connectivity index (χ0v) is 13.8. The van der Waals surface area contributed by atoms with E-state index >= 15 is 0 Å². The van der Waals surface area contributed by atoms with Crippen LogP contribution >= 0.6 is 0 Å². The van der Waals surface area contributed by atoms with Crippen molar-refractivity contribution in [1.82, 2.24) is 34.8 Å². The number of hydrogen-bond donors (Lipinski definition) is 1. The molecule has 7 nitrogen and oxygen atoms in total. The Kier molecular flexibility index (Phi) is 4.13. The summed E-state index contributed by atoms with van der Waals surface area (Å²) in [6, 6.07) is 2.27. The number of piperidine rings is 1. The molecule has 4 rings (SSSR count). The third-order valence-electron chi connectivity index (χ3n) is 4.95. The predicted octanol–water partition coefficient (Wildman–Crippen LogP) is 0.884. The Morgan fingerprint density at radius 2 is 2.26 bits per heavy atom. The normalized spacial score (nSPS) is 22.7. The van der Waals surface area contributed by atoms with E-state index in [1.54, 1.807) is 6.33 Å². The number of rotatable bonds is 3. The van der Waals surface area contributed by atoms with E-state index in [2.05, 4.69) is 35.7 Å². The van der Waals surface area contributed by atoms with Gasteiger partial charge < -0.3 is 9.88 Å². The highest BCUT2D eigenvalue weighted by Crippen LogP contribution is 2.26. The average Bonchev–Trinajstić information content (AvgIpc) is 3.08. The first kappa shape index (κ1) is 14.8. The van der Waals surface area contributed by atoms with Gasteiger partial charge >= 0.3 is 0 Å². The Balaban J connectivity index is 1.43. The number of likely N-dealkylation sites (tertiary alicyclic amines) is 1. The van der Waals surface area contributed by atoms with Crippen LogP contribution in [0.5, 0.6) is 0 Å². The molecule has 2 aromatic heterocycles. The molecule has 0 radical (unpaired) electrons. The molecule has 1 saturated heterocycles. The lowest BCUT2D eigenvalue weighted by Gasteiger charge is -2.31. The van der Waals surface area contributed by atoms with Crippen molar-refractivity contribution in [2.75, 3.05) is 19.6 Å². The van der Waals surface area contributed by atoms with Crippen LogP contribution in [0.4, 0.5) is 0 Å². The van der Waals surface area contributed by atoms with Crippen molar-refractivity contribution in [1.29, 1.82) is 0 Å². The smallest absolute Gasteiger partial charge is 0.136 e. The summed E-state index contributed by atoms with van der Waals surface area (Å²) in [4.78, 5) is 2.51. The molecule has 0 amide bonds. The third kappa shape index (κ3) is 3.16. The van der Waals surface area contributed by atoms with E-state index in [4.69, 9.17) is 5.10 Å². The number of nitrogens with zero attached hydrogens (tertiary/aromatic N) is 6. The molecule has 7 heteroatoms. The molecular weight excluding hydrogens is 290 g/mol. The van der Waals surface area contributed by atoms with Crippen molar-refractivity contribution >= 4 is 0 Å². The fourth-order valence-electron chi connectivity index (χ4n) is 3.80. The highest BCUT2D eigenvalue weighted by Gasteiger charge is 2.25. The monoisotopic (exact) mass is 315 g/mol. The van der Waals surface area contributed by atoms with Crippen LogP contribution in [0.25, 0.3) is 0 Å². The van der Waals surface area contributed by atoms with Crippen molar-refractivity contribution in [3.63, 3.8) is 0 Å². The summed E-state index contributed by atoms with van der Waals surface area (Å²) >= 11 is 0. The van der Waals surface area contributed by atoms with Crippen LogP contribution in [0.15, 0.2) is 12.4 Å². The van der Waals surface area contributed by atoms with Gasteiger partial charge in [0, 0.05) is 39.1 Å². The van der Waals surface area contributed by atoms with Gasteiger partial charge in [0.1, 0.15) is 12.2 Å². The maximum Gasteiger partial charge on any atom is 0.136 e. The lowest BCUT2D eigenvalue weighted by molar-refractivity contribution is 0.192. The summed E-state index contributed by atoms with van der Waals surface area (Å²) < 4.78 is 4.23. The number of aromatic nitrogens is 5. The van der Waals surface area contributed by atoms with Gasteiger partial charge in [-0.15, -0.1) is 10.2 Å². The van der Waals surface area contributed by atoms with Crippen molar-refractivity contribution in [3.05, 3.63) is 29.6 Å². The van der Waals surface area contributed by atoms with Crippen molar-refractivity contribution in [2.45, 2.75) is 44.8 Å². The summed E-state index contributed by atoms with van der Waals surface area (Å²) in [5.41, 5.74) is 2.52. The van der Waals surface area contributed by atoms with E-state index in [1.807, 2.05) is 7.05 Å². The summed E-state index contributed by atoms with van der Waals surface area (Å²) in [6.07, 6.45) is 5.37. The molecule has 124 valence electrons. The minimum absolute atomic E-state index is 0.485. The molecule has 1 fully saturated rings. The molecule has 2 aliphatic rings. The van der Waals surface area contributed by atoms with Crippen LogP contribution in [0.3, 0.4) is 0 Å². The maximum atomic E-state index is 4.81. The molecule has 0 aromatic carbocycles. The largest absolute Gasteiger partial charge is 0.320 e. The molecule has 0 spiro atoms. The van der Waals surface area contributed by atoms with Gasteiger partial charge in [0.15, 0.2) is 0 Å². The summed E-state index contributed by atoms with van der Waals surface area (Å²) in [7, 11) is 2.04. The lowest BCUT2D eigenvalue weighted by Crippen LogP contribution is -2.35. The van der Waals surface area contributed by atoms with E-state index in [0.29, 0.717) is 5.92 Å². The van der Waals surface area contributed by atoms with E-state index in [0.717, 1.165) is 51.5 Å². The molecular formula is C16H25N7. The van der Waals surface area contributed by atoms with E-state index in [1.165, 1.54) is 24.2 Å². The van der Waals surface area contributed by atoms with Gasteiger partial charge in [0.25, 0.3) is 0 Å². The minimum Gasteiger partial charge on any atom is -0.320 e. The Hall–Kier alpha value is -1.73. The van der Waals surface area contributed by atoms with Crippen molar-refractivity contribution in [2.24, 2.45) is 7.05 Å². The van der Waals surface area contributed by atoms with Gasteiger partial charge in [0.05, 0.1) is 11.4 Å². The topological polar surface area (TPSA) is 63.8 Å². The van der Waals surface area contributed by atoms with Crippen molar-refractivity contribution in [3.8, 4) is 0 Å². The van der Waals surface area contributed by atoms with Crippen LogP contribution in [0.2, 0.25) is 0 Å². The van der Waals surface area contributed by atoms with E-state index in [9.17, 15) is 0 Å². The van der Waals surface area contributed by atoms with E-state index < -0.39 is 0 Å². The highest BCUT2D eigenvalue weighted by molar-refractivity contribution is 5.12. The first-order valence-corrected chi connectivity index (χ1v) is 8.62. The minimum atomic E-state index is 0.485. The Morgan fingerprint density at radius 1 is 1.30 bits per heavy atom. The summed E-state index contributed by atoms with van der Waals surface area (Å²) in [6.45, 7) is 6.19. The summed E-state index contributed by atoms with van der Waals surface area (Å²) in [5, 5.41) is 16.6. The fourth-order valence-corrected chi connectivity index (χ4v) is 3.80. The summed E-state index contributed by atoms with van der Waals surface area (Å²) in [5.74, 6) is 1.60.